The smallest absolute Gasteiger partial charge is 0.0306 e. The molecule has 2 heterocycles. The van der Waals surface area contributed by atoms with E-state index in [1.165, 1.54) is 42.4 Å². The highest BCUT2D eigenvalue weighted by atomic mass is 79.9. The largest absolute Gasteiger partial charge is 0.306 e. The van der Waals surface area contributed by atoms with Crippen molar-refractivity contribution in [1.82, 2.24) is 10.2 Å². The summed E-state index contributed by atoms with van der Waals surface area (Å²) in [4.78, 5) is 2.66. The summed E-state index contributed by atoms with van der Waals surface area (Å²) in [6, 6.07) is 10.4. The Morgan fingerprint density at radius 2 is 2.11 bits per heavy atom. The van der Waals surface area contributed by atoms with Crippen molar-refractivity contribution in [2.45, 2.75) is 44.3 Å². The number of rotatable bonds is 3. The Balaban J connectivity index is 1.68. The highest BCUT2D eigenvalue weighted by Crippen LogP contribution is 2.30. The number of hydrogen-bond acceptors (Lipinski definition) is 2. The first-order valence-electron chi connectivity index (χ1n) is 7.00. The first-order chi connectivity index (χ1) is 8.75. The summed E-state index contributed by atoms with van der Waals surface area (Å²) in [6.07, 6.45) is 4.06. The summed E-state index contributed by atoms with van der Waals surface area (Å²) in [5, 5.41) is 3.84. The van der Waals surface area contributed by atoms with Gasteiger partial charge in [0.1, 0.15) is 0 Å². The lowest BCUT2D eigenvalue weighted by atomic mass is 10.0. The molecular formula is C15H21BrN2. The van der Waals surface area contributed by atoms with Gasteiger partial charge in [-0.05, 0) is 44.4 Å². The van der Waals surface area contributed by atoms with Crippen LogP contribution in [0.5, 0.6) is 0 Å². The molecule has 0 radical (unpaired) electrons. The van der Waals surface area contributed by atoms with Crippen LogP contribution in [0.4, 0.5) is 0 Å². The second kappa shape index (κ2) is 5.32. The van der Waals surface area contributed by atoms with Gasteiger partial charge in [0, 0.05) is 29.1 Å². The molecule has 0 aromatic heterocycles. The fourth-order valence-electron chi connectivity index (χ4n) is 3.51. The zero-order valence-electron chi connectivity index (χ0n) is 10.9. The molecule has 18 heavy (non-hydrogen) atoms. The Bertz CT molecular complexity index is 421. The Morgan fingerprint density at radius 1 is 1.28 bits per heavy atom. The van der Waals surface area contributed by atoms with E-state index in [0.717, 1.165) is 6.04 Å². The fourth-order valence-corrected chi connectivity index (χ4v) is 4.14. The molecule has 2 saturated heterocycles. The number of benzene rings is 1. The van der Waals surface area contributed by atoms with Crippen LogP contribution in [0.15, 0.2) is 28.7 Å². The van der Waals surface area contributed by atoms with Gasteiger partial charge in [-0.25, -0.2) is 0 Å². The zero-order valence-corrected chi connectivity index (χ0v) is 12.5. The maximum Gasteiger partial charge on any atom is 0.0306 e. The minimum atomic E-state index is 0.422. The van der Waals surface area contributed by atoms with E-state index in [0.29, 0.717) is 12.1 Å². The van der Waals surface area contributed by atoms with E-state index in [4.69, 9.17) is 0 Å². The van der Waals surface area contributed by atoms with Crippen molar-refractivity contribution >= 4 is 15.9 Å². The van der Waals surface area contributed by atoms with Gasteiger partial charge < -0.3 is 5.32 Å². The van der Waals surface area contributed by atoms with Crippen LogP contribution in [0.3, 0.4) is 0 Å². The monoisotopic (exact) mass is 308 g/mol. The third-order valence-electron chi connectivity index (χ3n) is 4.44. The van der Waals surface area contributed by atoms with Crippen molar-refractivity contribution in [3.8, 4) is 0 Å². The molecule has 1 N–H and O–H groups in total. The van der Waals surface area contributed by atoms with Crippen LogP contribution in [0.2, 0.25) is 0 Å². The van der Waals surface area contributed by atoms with Crippen molar-refractivity contribution in [1.29, 1.82) is 0 Å². The van der Waals surface area contributed by atoms with Gasteiger partial charge in [-0.3, -0.25) is 4.90 Å². The number of fused-ring (bicyclic) bond motifs is 1. The number of hydrogen-bond donors (Lipinski definition) is 1. The molecule has 1 aromatic rings. The standard InChI is InChI=1S/C15H21BrN2/c1-11(12-5-2-3-6-13(12)16)17-14-8-10-18-9-4-7-15(14)18/h2-3,5-6,11,14-15,17H,4,7-10H2,1H3/t11-,14?,15?/m1/s1. The van der Waals surface area contributed by atoms with Crippen LogP contribution in [0.25, 0.3) is 0 Å². The number of nitrogens with one attached hydrogen (secondary N) is 1. The summed E-state index contributed by atoms with van der Waals surface area (Å²) in [6.45, 7) is 4.87. The topological polar surface area (TPSA) is 15.3 Å². The summed E-state index contributed by atoms with van der Waals surface area (Å²) >= 11 is 3.65. The molecule has 0 saturated carbocycles. The SMILES string of the molecule is C[C@@H](NC1CCN2CCCC12)c1ccccc1Br. The van der Waals surface area contributed by atoms with Crippen LogP contribution in [0.1, 0.15) is 37.8 Å². The molecular weight excluding hydrogens is 288 g/mol. The quantitative estimate of drug-likeness (QED) is 0.921. The van der Waals surface area contributed by atoms with E-state index >= 15 is 0 Å². The van der Waals surface area contributed by atoms with Crippen LogP contribution in [0, 0.1) is 0 Å². The third-order valence-corrected chi connectivity index (χ3v) is 5.16. The molecule has 98 valence electrons. The highest BCUT2D eigenvalue weighted by molar-refractivity contribution is 9.10. The molecule has 2 unspecified atom stereocenters. The fraction of sp³-hybridized carbons (Fsp3) is 0.600. The minimum Gasteiger partial charge on any atom is -0.306 e. The zero-order chi connectivity index (χ0) is 12.5. The lowest BCUT2D eigenvalue weighted by molar-refractivity contribution is 0.291. The molecule has 3 heteroatoms. The summed E-state index contributed by atoms with van der Waals surface area (Å²) in [7, 11) is 0. The predicted molar refractivity (Wildman–Crippen MR) is 78.7 cm³/mol. The van der Waals surface area contributed by atoms with Crippen LogP contribution < -0.4 is 5.32 Å². The summed E-state index contributed by atoms with van der Waals surface area (Å²) in [5.74, 6) is 0. The number of halogens is 1. The maximum atomic E-state index is 3.84. The summed E-state index contributed by atoms with van der Waals surface area (Å²) in [5.41, 5.74) is 1.37. The second-order valence-corrected chi connectivity index (χ2v) is 6.40. The van der Waals surface area contributed by atoms with Crippen LogP contribution in [-0.2, 0) is 0 Å². The van der Waals surface area contributed by atoms with Gasteiger partial charge in [0.2, 0.25) is 0 Å². The van der Waals surface area contributed by atoms with Gasteiger partial charge in [-0.2, -0.15) is 0 Å². The van der Waals surface area contributed by atoms with Gasteiger partial charge in [0.05, 0.1) is 0 Å². The molecule has 2 aliphatic heterocycles. The van der Waals surface area contributed by atoms with Gasteiger partial charge in [-0.15, -0.1) is 0 Å². The third kappa shape index (κ3) is 2.36. The molecule has 2 nitrogen and oxygen atoms in total. The predicted octanol–water partition coefficient (Wildman–Crippen LogP) is 3.34. The van der Waals surface area contributed by atoms with Gasteiger partial charge >= 0.3 is 0 Å². The summed E-state index contributed by atoms with van der Waals surface area (Å²) < 4.78 is 1.21. The Labute approximate surface area is 118 Å². The molecule has 0 bridgehead atoms. The van der Waals surface area contributed by atoms with Gasteiger partial charge in [-0.1, -0.05) is 34.1 Å². The van der Waals surface area contributed by atoms with Crippen LogP contribution >= 0.6 is 15.9 Å². The maximum absolute atomic E-state index is 3.84. The molecule has 2 aliphatic rings. The Kier molecular flexibility index (Phi) is 3.73. The van der Waals surface area contributed by atoms with Gasteiger partial charge in [0.15, 0.2) is 0 Å². The van der Waals surface area contributed by atoms with Gasteiger partial charge in [0.25, 0.3) is 0 Å². The van der Waals surface area contributed by atoms with Crippen molar-refractivity contribution < 1.29 is 0 Å². The molecule has 3 atom stereocenters. The Hall–Kier alpha value is -0.380. The van der Waals surface area contributed by atoms with E-state index < -0.39 is 0 Å². The van der Waals surface area contributed by atoms with E-state index in [1.54, 1.807) is 0 Å². The normalized spacial score (nSPS) is 29.4. The molecule has 3 rings (SSSR count). The second-order valence-electron chi connectivity index (χ2n) is 5.55. The lowest BCUT2D eigenvalue weighted by Gasteiger charge is -2.25. The molecule has 0 aliphatic carbocycles. The molecule has 0 amide bonds. The average Bonchev–Trinajstić information content (AvgIpc) is 2.94. The van der Waals surface area contributed by atoms with E-state index in [1.807, 2.05) is 0 Å². The van der Waals surface area contributed by atoms with E-state index in [-0.39, 0.29) is 0 Å². The first kappa shape index (κ1) is 12.6. The van der Waals surface area contributed by atoms with Crippen molar-refractivity contribution in [3.63, 3.8) is 0 Å². The minimum absolute atomic E-state index is 0.422. The average molecular weight is 309 g/mol. The van der Waals surface area contributed by atoms with Crippen molar-refractivity contribution in [2.24, 2.45) is 0 Å². The van der Waals surface area contributed by atoms with Crippen molar-refractivity contribution in [3.05, 3.63) is 34.3 Å². The van der Waals surface area contributed by atoms with Crippen LogP contribution in [-0.4, -0.2) is 30.1 Å². The highest BCUT2D eigenvalue weighted by Gasteiger charge is 2.37. The lowest BCUT2D eigenvalue weighted by Crippen LogP contribution is -2.40. The van der Waals surface area contributed by atoms with E-state index in [2.05, 4.69) is 57.3 Å². The molecule has 0 spiro atoms. The first-order valence-corrected chi connectivity index (χ1v) is 7.79. The number of nitrogens with zero attached hydrogens (tertiary/aromatic N) is 1. The van der Waals surface area contributed by atoms with Crippen molar-refractivity contribution in [2.75, 3.05) is 13.1 Å². The Morgan fingerprint density at radius 3 is 2.94 bits per heavy atom. The van der Waals surface area contributed by atoms with E-state index in [9.17, 15) is 0 Å². The molecule has 2 fully saturated rings. The molecule has 1 aromatic carbocycles.